The van der Waals surface area contributed by atoms with Gasteiger partial charge in [0, 0.05) is 23.5 Å². The lowest BCUT2D eigenvalue weighted by Gasteiger charge is -2.23. The molecule has 27 heavy (non-hydrogen) atoms. The molecule has 2 aliphatic rings. The smallest absolute Gasteiger partial charge is 0.349 e. The highest BCUT2D eigenvalue weighted by atomic mass is 32.1. The van der Waals surface area contributed by atoms with Gasteiger partial charge in [0.25, 0.3) is 5.91 Å². The van der Waals surface area contributed by atoms with Gasteiger partial charge in [0.15, 0.2) is 0 Å². The lowest BCUT2D eigenvalue weighted by atomic mass is 9.90. The number of ether oxygens (including phenoxy) is 1. The van der Waals surface area contributed by atoms with Crippen molar-refractivity contribution < 1.29 is 14.3 Å². The number of thiophene rings is 1. The Balaban J connectivity index is 1.56. The molecule has 1 aromatic carbocycles. The van der Waals surface area contributed by atoms with Crippen molar-refractivity contribution in [2.45, 2.75) is 45.1 Å². The third kappa shape index (κ3) is 3.93. The minimum absolute atomic E-state index is 0.109. The first-order valence-electron chi connectivity index (χ1n) is 9.78. The van der Waals surface area contributed by atoms with E-state index >= 15 is 0 Å². The summed E-state index contributed by atoms with van der Waals surface area (Å²) in [5, 5.41) is 0. The summed E-state index contributed by atoms with van der Waals surface area (Å²) < 4.78 is 5.78. The molecule has 1 aliphatic carbocycles. The van der Waals surface area contributed by atoms with Gasteiger partial charge >= 0.3 is 5.97 Å². The van der Waals surface area contributed by atoms with Crippen molar-refractivity contribution in [2.75, 3.05) is 13.1 Å². The van der Waals surface area contributed by atoms with Crippen LogP contribution < -0.4 is 0 Å². The fraction of sp³-hybridized carbons (Fsp3) is 0.455. The molecule has 0 N–H and O–H groups in total. The lowest BCUT2D eigenvalue weighted by Crippen LogP contribution is -2.34. The van der Waals surface area contributed by atoms with Gasteiger partial charge in [0.2, 0.25) is 6.10 Å². The maximum absolute atomic E-state index is 13.0. The monoisotopic (exact) mass is 383 g/mol. The average Bonchev–Trinajstić information content (AvgIpc) is 3.35. The fourth-order valence-electron chi connectivity index (χ4n) is 3.96. The quantitative estimate of drug-likeness (QED) is 0.736. The predicted octanol–water partition coefficient (Wildman–Crippen LogP) is 4.39. The van der Waals surface area contributed by atoms with Gasteiger partial charge in [-0.1, -0.05) is 37.3 Å². The van der Waals surface area contributed by atoms with Crippen LogP contribution in [0, 0.1) is 5.92 Å². The molecule has 1 amide bonds. The van der Waals surface area contributed by atoms with Crippen LogP contribution in [-0.4, -0.2) is 29.9 Å². The van der Waals surface area contributed by atoms with Crippen LogP contribution in [0.5, 0.6) is 0 Å². The number of aryl methyl sites for hydroxylation is 1. The Morgan fingerprint density at radius 3 is 2.67 bits per heavy atom. The van der Waals surface area contributed by atoms with Crippen LogP contribution in [0.3, 0.4) is 0 Å². The van der Waals surface area contributed by atoms with E-state index < -0.39 is 6.10 Å². The number of nitrogens with zero attached hydrogens (tertiary/aromatic N) is 1. The van der Waals surface area contributed by atoms with Gasteiger partial charge in [-0.15, -0.1) is 11.3 Å². The minimum atomic E-state index is -0.866. The molecule has 0 saturated carbocycles. The molecule has 0 spiro atoms. The molecule has 0 unspecified atom stereocenters. The average molecular weight is 384 g/mol. The van der Waals surface area contributed by atoms with E-state index in [0.29, 0.717) is 10.8 Å². The second-order valence-electron chi connectivity index (χ2n) is 7.64. The molecular weight excluding hydrogens is 358 g/mol. The highest BCUT2D eigenvalue weighted by Crippen LogP contribution is 2.33. The summed E-state index contributed by atoms with van der Waals surface area (Å²) in [4.78, 5) is 29.6. The van der Waals surface area contributed by atoms with Crippen molar-refractivity contribution >= 4 is 23.2 Å². The first-order valence-corrected chi connectivity index (χ1v) is 10.6. The molecule has 1 aromatic heterocycles. The van der Waals surface area contributed by atoms with Crippen molar-refractivity contribution in [1.29, 1.82) is 0 Å². The van der Waals surface area contributed by atoms with Crippen LogP contribution in [0.1, 0.15) is 58.0 Å². The first kappa shape index (κ1) is 18.2. The van der Waals surface area contributed by atoms with E-state index in [0.717, 1.165) is 44.3 Å². The van der Waals surface area contributed by atoms with Crippen molar-refractivity contribution in [1.82, 2.24) is 4.90 Å². The third-order valence-corrected chi connectivity index (χ3v) is 6.72. The maximum atomic E-state index is 13.0. The predicted molar refractivity (Wildman–Crippen MR) is 106 cm³/mol. The van der Waals surface area contributed by atoms with Gasteiger partial charge < -0.3 is 9.64 Å². The van der Waals surface area contributed by atoms with Gasteiger partial charge in [-0.05, 0) is 49.7 Å². The largest absolute Gasteiger partial charge is 0.443 e. The Kier molecular flexibility index (Phi) is 5.30. The summed E-state index contributed by atoms with van der Waals surface area (Å²) in [6, 6.07) is 11.3. The number of fused-ring (bicyclic) bond motifs is 1. The van der Waals surface area contributed by atoms with E-state index in [9.17, 15) is 9.59 Å². The number of carbonyl (C=O) groups excluding carboxylic acids is 2. The molecule has 142 valence electrons. The molecular formula is C22H25NO3S. The molecule has 1 aliphatic heterocycles. The molecule has 2 aromatic rings. The van der Waals surface area contributed by atoms with Gasteiger partial charge in [-0.3, -0.25) is 4.79 Å². The van der Waals surface area contributed by atoms with Crippen molar-refractivity contribution in [3.8, 4) is 0 Å². The summed E-state index contributed by atoms with van der Waals surface area (Å²) in [7, 11) is 0. The van der Waals surface area contributed by atoms with E-state index in [1.165, 1.54) is 28.2 Å². The summed E-state index contributed by atoms with van der Waals surface area (Å²) in [5.74, 6) is 0.162. The Morgan fingerprint density at radius 2 is 1.93 bits per heavy atom. The zero-order chi connectivity index (χ0) is 18.8. The topological polar surface area (TPSA) is 46.6 Å². The van der Waals surface area contributed by atoms with Crippen LogP contribution >= 0.6 is 11.3 Å². The summed E-state index contributed by atoms with van der Waals surface area (Å²) in [6.45, 7) is 3.73. The minimum Gasteiger partial charge on any atom is -0.443 e. The second kappa shape index (κ2) is 7.85. The zero-order valence-corrected chi connectivity index (χ0v) is 16.5. The molecule has 5 heteroatoms. The Labute approximate surface area is 164 Å². The van der Waals surface area contributed by atoms with Crippen LogP contribution in [-0.2, 0) is 22.4 Å². The highest BCUT2D eigenvalue weighted by molar-refractivity contribution is 7.14. The van der Waals surface area contributed by atoms with Gasteiger partial charge in [0.05, 0.1) is 0 Å². The van der Waals surface area contributed by atoms with Crippen molar-refractivity contribution in [3.63, 3.8) is 0 Å². The van der Waals surface area contributed by atoms with Crippen molar-refractivity contribution in [2.24, 2.45) is 5.92 Å². The molecule has 0 bridgehead atoms. The van der Waals surface area contributed by atoms with Crippen LogP contribution in [0.15, 0.2) is 36.4 Å². The zero-order valence-electron chi connectivity index (χ0n) is 15.6. The summed E-state index contributed by atoms with van der Waals surface area (Å²) in [6.07, 6.45) is 4.38. The number of amides is 1. The molecule has 1 fully saturated rings. The lowest BCUT2D eigenvalue weighted by molar-refractivity contribution is -0.140. The molecule has 4 rings (SSSR count). The van der Waals surface area contributed by atoms with Crippen molar-refractivity contribution in [3.05, 3.63) is 57.3 Å². The summed E-state index contributed by atoms with van der Waals surface area (Å²) >= 11 is 1.53. The number of carbonyl (C=O) groups is 2. The second-order valence-corrected chi connectivity index (χ2v) is 8.77. The van der Waals surface area contributed by atoms with Gasteiger partial charge in [0.1, 0.15) is 4.88 Å². The van der Waals surface area contributed by atoms with Crippen LogP contribution in [0.4, 0.5) is 0 Å². The molecule has 4 nitrogen and oxygen atoms in total. The third-order valence-electron chi connectivity index (χ3n) is 5.50. The fourth-order valence-corrected chi connectivity index (χ4v) is 5.06. The Hall–Kier alpha value is -2.14. The standard InChI is InChI=1S/C22H25NO3S/c1-15-9-10-18-17(13-15)14-19(27-18)22(25)26-20(16-7-3-2-4-8-16)21(24)23-11-5-6-12-23/h2-4,7-8,14-15,20H,5-6,9-13H2,1H3/t15-,20-/m0/s1. The van der Waals surface area contributed by atoms with Crippen LogP contribution in [0.2, 0.25) is 0 Å². The number of benzene rings is 1. The maximum Gasteiger partial charge on any atom is 0.349 e. The Bertz CT molecular complexity index is 823. The van der Waals surface area contributed by atoms with E-state index in [-0.39, 0.29) is 11.9 Å². The number of rotatable bonds is 4. The normalized spacial score (nSPS) is 20.2. The van der Waals surface area contributed by atoms with Gasteiger partial charge in [-0.2, -0.15) is 0 Å². The summed E-state index contributed by atoms with van der Waals surface area (Å²) in [5.41, 5.74) is 2.01. The molecule has 0 radical (unpaired) electrons. The number of likely N-dealkylation sites (tertiary alicyclic amines) is 1. The number of hydrogen-bond donors (Lipinski definition) is 0. The van der Waals surface area contributed by atoms with E-state index in [4.69, 9.17) is 4.74 Å². The van der Waals surface area contributed by atoms with Crippen LogP contribution in [0.25, 0.3) is 0 Å². The van der Waals surface area contributed by atoms with E-state index in [1.807, 2.05) is 41.3 Å². The van der Waals surface area contributed by atoms with Gasteiger partial charge in [-0.25, -0.2) is 4.79 Å². The Morgan fingerprint density at radius 1 is 1.19 bits per heavy atom. The van der Waals surface area contributed by atoms with E-state index in [2.05, 4.69) is 6.92 Å². The number of esters is 1. The molecule has 2 heterocycles. The first-order chi connectivity index (χ1) is 13.1. The number of hydrogen-bond acceptors (Lipinski definition) is 4. The highest BCUT2D eigenvalue weighted by Gasteiger charge is 2.32. The SMILES string of the molecule is C[C@H]1CCc2sc(C(=O)O[C@H](C(=O)N3CCCC3)c3ccccc3)cc2C1. The molecule has 1 saturated heterocycles. The van der Waals surface area contributed by atoms with E-state index in [1.54, 1.807) is 0 Å². The molecule has 2 atom stereocenters.